The third-order valence-electron chi connectivity index (χ3n) is 2.85. The van der Waals surface area contributed by atoms with Gasteiger partial charge in [-0.15, -0.1) is 0 Å². The summed E-state index contributed by atoms with van der Waals surface area (Å²) in [6, 6.07) is 8.71. The highest BCUT2D eigenvalue weighted by molar-refractivity contribution is 6.32. The quantitative estimate of drug-likeness (QED) is 0.808. The number of hydrogen-bond acceptors (Lipinski definition) is 4. The van der Waals surface area contributed by atoms with E-state index in [4.69, 9.17) is 16.3 Å². The zero-order valence-corrected chi connectivity index (χ0v) is 12.4. The molecule has 5 heteroatoms. The van der Waals surface area contributed by atoms with Gasteiger partial charge in [0.05, 0.1) is 24.8 Å². The number of esters is 1. The van der Waals surface area contributed by atoms with Crippen LogP contribution in [0.5, 0.6) is 5.75 Å². The molecule has 108 valence electrons. The van der Waals surface area contributed by atoms with Crippen molar-refractivity contribution in [2.45, 2.75) is 0 Å². The van der Waals surface area contributed by atoms with Crippen LogP contribution in [0.1, 0.15) is 21.6 Å². The van der Waals surface area contributed by atoms with E-state index >= 15 is 0 Å². The first-order chi connectivity index (χ1) is 10.2. The van der Waals surface area contributed by atoms with Crippen molar-refractivity contribution < 1.29 is 14.3 Å². The number of nitrogens with zero attached hydrogens (tertiary/aromatic N) is 1. The Bertz CT molecular complexity index is 666. The van der Waals surface area contributed by atoms with Crippen LogP contribution in [0.25, 0.3) is 12.2 Å². The molecule has 1 aromatic heterocycles. The molecule has 2 aromatic rings. The van der Waals surface area contributed by atoms with Crippen molar-refractivity contribution in [2.75, 3.05) is 14.2 Å². The molecule has 1 heterocycles. The monoisotopic (exact) mass is 303 g/mol. The molecule has 0 radical (unpaired) electrons. The molecule has 0 saturated carbocycles. The molecular weight excluding hydrogens is 290 g/mol. The van der Waals surface area contributed by atoms with Gasteiger partial charge < -0.3 is 9.47 Å². The Kier molecular flexibility index (Phi) is 4.95. The molecule has 0 atom stereocenters. The normalized spacial score (nSPS) is 10.6. The highest BCUT2D eigenvalue weighted by Gasteiger charge is 2.06. The smallest absolute Gasteiger partial charge is 0.337 e. The van der Waals surface area contributed by atoms with Gasteiger partial charge >= 0.3 is 5.97 Å². The highest BCUT2D eigenvalue weighted by Crippen LogP contribution is 2.27. The van der Waals surface area contributed by atoms with E-state index in [1.165, 1.54) is 7.11 Å². The van der Waals surface area contributed by atoms with E-state index in [0.29, 0.717) is 22.0 Å². The summed E-state index contributed by atoms with van der Waals surface area (Å²) < 4.78 is 9.87. The third-order valence-corrected chi connectivity index (χ3v) is 3.15. The van der Waals surface area contributed by atoms with Crippen molar-refractivity contribution in [2.24, 2.45) is 0 Å². The number of aromatic nitrogens is 1. The lowest BCUT2D eigenvalue weighted by Gasteiger charge is -2.05. The van der Waals surface area contributed by atoms with Crippen LogP contribution in [0.3, 0.4) is 0 Å². The lowest BCUT2D eigenvalue weighted by molar-refractivity contribution is 0.0601. The maximum Gasteiger partial charge on any atom is 0.337 e. The molecule has 0 spiro atoms. The molecular formula is C16H14ClNO3. The SMILES string of the molecule is COC(=O)c1ccc(C=Cc2nccc(Cl)c2OC)cc1. The molecule has 0 fully saturated rings. The highest BCUT2D eigenvalue weighted by atomic mass is 35.5. The zero-order chi connectivity index (χ0) is 15.2. The Hall–Kier alpha value is -2.33. The van der Waals surface area contributed by atoms with E-state index in [1.54, 1.807) is 37.6 Å². The first-order valence-corrected chi connectivity index (χ1v) is 6.58. The minimum atomic E-state index is -0.358. The van der Waals surface area contributed by atoms with Crippen molar-refractivity contribution in [1.82, 2.24) is 4.98 Å². The van der Waals surface area contributed by atoms with Gasteiger partial charge in [-0.05, 0) is 29.8 Å². The molecule has 1 aromatic carbocycles. The molecule has 0 aliphatic carbocycles. The van der Waals surface area contributed by atoms with Crippen LogP contribution >= 0.6 is 11.6 Å². The maximum absolute atomic E-state index is 11.3. The van der Waals surface area contributed by atoms with E-state index in [-0.39, 0.29) is 5.97 Å². The van der Waals surface area contributed by atoms with Crippen LogP contribution in [0.2, 0.25) is 5.02 Å². The van der Waals surface area contributed by atoms with Gasteiger partial charge in [0, 0.05) is 6.20 Å². The Balaban J connectivity index is 2.22. The predicted octanol–water partition coefficient (Wildman–Crippen LogP) is 3.70. The van der Waals surface area contributed by atoms with Gasteiger partial charge in [-0.2, -0.15) is 0 Å². The number of carbonyl (C=O) groups excluding carboxylic acids is 1. The molecule has 0 amide bonds. The van der Waals surface area contributed by atoms with Crippen LogP contribution in [0.4, 0.5) is 0 Å². The summed E-state index contributed by atoms with van der Waals surface area (Å²) in [6.45, 7) is 0. The minimum absolute atomic E-state index is 0.358. The number of rotatable bonds is 4. The van der Waals surface area contributed by atoms with Crippen molar-refractivity contribution in [1.29, 1.82) is 0 Å². The first-order valence-electron chi connectivity index (χ1n) is 6.20. The van der Waals surface area contributed by atoms with Gasteiger partial charge in [0.2, 0.25) is 0 Å². The lowest BCUT2D eigenvalue weighted by Crippen LogP contribution is -2.00. The Morgan fingerprint density at radius 1 is 1.14 bits per heavy atom. The fraction of sp³-hybridized carbons (Fsp3) is 0.125. The van der Waals surface area contributed by atoms with Gasteiger partial charge in [-0.3, -0.25) is 4.98 Å². The van der Waals surface area contributed by atoms with E-state index < -0.39 is 0 Å². The number of carbonyl (C=O) groups is 1. The van der Waals surface area contributed by atoms with Gasteiger partial charge in [-0.1, -0.05) is 29.8 Å². The summed E-state index contributed by atoms with van der Waals surface area (Å²) in [4.78, 5) is 15.6. The second-order valence-corrected chi connectivity index (χ2v) is 4.57. The van der Waals surface area contributed by atoms with Gasteiger partial charge in [0.15, 0.2) is 5.75 Å². The lowest BCUT2D eigenvalue weighted by atomic mass is 10.1. The Morgan fingerprint density at radius 3 is 2.48 bits per heavy atom. The predicted molar refractivity (Wildman–Crippen MR) is 82.5 cm³/mol. The molecule has 0 aliphatic rings. The average molecular weight is 304 g/mol. The van der Waals surface area contributed by atoms with Crippen LogP contribution < -0.4 is 4.74 Å². The molecule has 0 N–H and O–H groups in total. The number of methoxy groups -OCH3 is 2. The number of ether oxygens (including phenoxy) is 2. The number of benzene rings is 1. The summed E-state index contributed by atoms with van der Waals surface area (Å²) in [5.41, 5.74) is 2.07. The maximum atomic E-state index is 11.3. The summed E-state index contributed by atoms with van der Waals surface area (Å²) in [5.74, 6) is 0.172. The van der Waals surface area contributed by atoms with Crippen molar-refractivity contribution in [3.8, 4) is 5.75 Å². The van der Waals surface area contributed by atoms with E-state index in [9.17, 15) is 4.79 Å². The fourth-order valence-corrected chi connectivity index (χ4v) is 2.01. The zero-order valence-electron chi connectivity index (χ0n) is 11.7. The Labute approximate surface area is 128 Å². The van der Waals surface area contributed by atoms with Crippen LogP contribution in [-0.4, -0.2) is 25.2 Å². The molecule has 21 heavy (non-hydrogen) atoms. The van der Waals surface area contributed by atoms with Crippen molar-refractivity contribution in [3.63, 3.8) is 0 Å². The Morgan fingerprint density at radius 2 is 1.86 bits per heavy atom. The van der Waals surface area contributed by atoms with E-state index in [2.05, 4.69) is 9.72 Å². The molecule has 0 bridgehead atoms. The van der Waals surface area contributed by atoms with Crippen LogP contribution in [-0.2, 0) is 4.74 Å². The summed E-state index contributed by atoms with van der Waals surface area (Å²) in [5, 5.41) is 0.508. The van der Waals surface area contributed by atoms with E-state index in [0.717, 1.165) is 5.56 Å². The molecule has 0 aliphatic heterocycles. The van der Waals surface area contributed by atoms with Crippen molar-refractivity contribution >= 4 is 29.7 Å². The molecule has 2 rings (SSSR count). The number of pyridine rings is 1. The van der Waals surface area contributed by atoms with Crippen LogP contribution in [0.15, 0.2) is 36.5 Å². The van der Waals surface area contributed by atoms with Gasteiger partial charge in [-0.25, -0.2) is 4.79 Å². The summed E-state index contributed by atoms with van der Waals surface area (Å²) in [6.07, 6.45) is 5.28. The first kappa shape index (κ1) is 15.1. The number of hydrogen-bond donors (Lipinski definition) is 0. The molecule has 0 saturated heterocycles. The standard InChI is InChI=1S/C16H14ClNO3/c1-20-15-13(17)9-10-18-14(15)8-5-11-3-6-12(7-4-11)16(19)21-2/h3-10H,1-2H3. The summed E-state index contributed by atoms with van der Waals surface area (Å²) in [7, 11) is 2.90. The second kappa shape index (κ2) is 6.90. The topological polar surface area (TPSA) is 48.4 Å². The van der Waals surface area contributed by atoms with Crippen LogP contribution in [0, 0.1) is 0 Å². The van der Waals surface area contributed by atoms with Gasteiger partial charge in [0.25, 0.3) is 0 Å². The molecule has 0 unspecified atom stereocenters. The minimum Gasteiger partial charge on any atom is -0.493 e. The average Bonchev–Trinajstić information content (AvgIpc) is 2.52. The molecule has 4 nitrogen and oxygen atoms in total. The third kappa shape index (κ3) is 3.61. The summed E-state index contributed by atoms with van der Waals surface area (Å²) >= 11 is 6.03. The van der Waals surface area contributed by atoms with E-state index in [1.807, 2.05) is 18.2 Å². The fourth-order valence-electron chi connectivity index (χ4n) is 1.78. The van der Waals surface area contributed by atoms with Gasteiger partial charge in [0.1, 0.15) is 5.69 Å². The number of halogens is 1. The largest absolute Gasteiger partial charge is 0.493 e. The second-order valence-electron chi connectivity index (χ2n) is 4.16. The van der Waals surface area contributed by atoms with Crippen molar-refractivity contribution in [3.05, 3.63) is 58.4 Å².